The zero-order valence-electron chi connectivity index (χ0n) is 13.3. The van der Waals surface area contributed by atoms with E-state index in [-0.39, 0.29) is 6.61 Å². The van der Waals surface area contributed by atoms with E-state index in [1.165, 1.54) is 89.9 Å². The highest BCUT2D eigenvalue weighted by Crippen LogP contribution is 2.13. The Kier molecular flexibility index (Phi) is 17.9. The van der Waals surface area contributed by atoms with Crippen molar-refractivity contribution in [1.82, 2.24) is 0 Å². The lowest BCUT2D eigenvalue weighted by atomic mass is 10.0. The minimum Gasteiger partial charge on any atom is -0.396 e. The summed E-state index contributed by atoms with van der Waals surface area (Å²) in [6, 6.07) is 0. The number of hydrogen-bond donors (Lipinski definition) is 1. The summed E-state index contributed by atoms with van der Waals surface area (Å²) >= 11 is 0. The van der Waals surface area contributed by atoms with Crippen molar-refractivity contribution in [1.29, 1.82) is 0 Å². The third kappa shape index (κ3) is 18.0. The largest absolute Gasteiger partial charge is 0.396 e. The van der Waals surface area contributed by atoms with Crippen LogP contribution in [-0.2, 0) is 0 Å². The Hall–Kier alpha value is -0.0400. The molecule has 0 bridgehead atoms. The Morgan fingerprint density at radius 1 is 0.579 bits per heavy atom. The van der Waals surface area contributed by atoms with Crippen molar-refractivity contribution >= 4 is 0 Å². The van der Waals surface area contributed by atoms with Gasteiger partial charge in [-0.2, -0.15) is 0 Å². The predicted molar refractivity (Wildman–Crippen MR) is 86.3 cm³/mol. The SMILES string of the molecule is CCCCCCCCCCCCCCCC[CH]CO. The number of hydrogen-bond acceptors (Lipinski definition) is 1. The van der Waals surface area contributed by atoms with Crippen LogP contribution in [0.1, 0.15) is 103 Å². The van der Waals surface area contributed by atoms with Crippen LogP contribution in [0.2, 0.25) is 0 Å². The van der Waals surface area contributed by atoms with Crippen LogP contribution >= 0.6 is 0 Å². The fourth-order valence-corrected chi connectivity index (χ4v) is 2.57. The van der Waals surface area contributed by atoms with Crippen molar-refractivity contribution < 1.29 is 5.11 Å². The fraction of sp³-hybridized carbons (Fsp3) is 0.944. The van der Waals surface area contributed by atoms with Gasteiger partial charge in [0, 0.05) is 6.61 Å². The van der Waals surface area contributed by atoms with Crippen LogP contribution in [0.5, 0.6) is 0 Å². The summed E-state index contributed by atoms with van der Waals surface area (Å²) in [6.07, 6.45) is 22.9. The maximum Gasteiger partial charge on any atom is 0.0462 e. The molecule has 0 saturated carbocycles. The van der Waals surface area contributed by atoms with Gasteiger partial charge in [0.05, 0.1) is 0 Å². The van der Waals surface area contributed by atoms with E-state index in [0.29, 0.717) is 0 Å². The van der Waals surface area contributed by atoms with Gasteiger partial charge in [-0.15, -0.1) is 0 Å². The number of aliphatic hydroxyl groups excluding tert-OH is 1. The molecule has 1 radical (unpaired) electrons. The van der Waals surface area contributed by atoms with Crippen LogP contribution in [0, 0.1) is 6.42 Å². The van der Waals surface area contributed by atoms with Crippen LogP contribution in [0.15, 0.2) is 0 Å². The zero-order valence-corrected chi connectivity index (χ0v) is 13.3. The molecule has 0 aliphatic heterocycles. The molecule has 0 rings (SSSR count). The van der Waals surface area contributed by atoms with Gasteiger partial charge in [0.25, 0.3) is 0 Å². The van der Waals surface area contributed by atoms with Gasteiger partial charge in [0.15, 0.2) is 0 Å². The summed E-state index contributed by atoms with van der Waals surface area (Å²) in [5.74, 6) is 0. The van der Waals surface area contributed by atoms with Gasteiger partial charge in [0.1, 0.15) is 0 Å². The summed E-state index contributed by atoms with van der Waals surface area (Å²) in [7, 11) is 0. The quantitative estimate of drug-likeness (QED) is 0.338. The number of rotatable bonds is 16. The Labute approximate surface area is 122 Å². The minimum atomic E-state index is 0.248. The normalized spacial score (nSPS) is 11.1. The maximum atomic E-state index is 8.61. The highest BCUT2D eigenvalue weighted by Gasteiger charge is 1.94. The highest BCUT2D eigenvalue weighted by molar-refractivity contribution is 4.61. The second kappa shape index (κ2) is 18.0. The van der Waals surface area contributed by atoms with E-state index in [2.05, 4.69) is 6.92 Å². The second-order valence-corrected chi connectivity index (χ2v) is 5.86. The molecule has 1 N–H and O–H groups in total. The van der Waals surface area contributed by atoms with Crippen molar-refractivity contribution in [3.63, 3.8) is 0 Å². The Morgan fingerprint density at radius 2 is 0.947 bits per heavy atom. The number of unbranched alkanes of at least 4 members (excludes halogenated alkanes) is 15. The van der Waals surface area contributed by atoms with Crippen molar-refractivity contribution in [2.75, 3.05) is 6.61 Å². The van der Waals surface area contributed by atoms with Crippen molar-refractivity contribution in [3.8, 4) is 0 Å². The molecule has 0 aromatic rings. The van der Waals surface area contributed by atoms with E-state index in [1.54, 1.807) is 0 Å². The molecule has 0 saturated heterocycles. The molecule has 1 nitrogen and oxygen atoms in total. The molecule has 0 amide bonds. The van der Waals surface area contributed by atoms with Crippen molar-refractivity contribution in [2.45, 2.75) is 103 Å². The molecule has 0 unspecified atom stereocenters. The Morgan fingerprint density at radius 3 is 1.32 bits per heavy atom. The Balaban J connectivity index is 2.88. The molecule has 0 aliphatic carbocycles. The molecule has 0 heterocycles. The summed E-state index contributed by atoms with van der Waals surface area (Å²) in [6.45, 7) is 2.53. The molecule has 0 aromatic carbocycles. The first kappa shape index (κ1) is 19.0. The first-order valence-electron chi connectivity index (χ1n) is 8.84. The van der Waals surface area contributed by atoms with Gasteiger partial charge in [0.2, 0.25) is 0 Å². The summed E-state index contributed by atoms with van der Waals surface area (Å²) < 4.78 is 0. The van der Waals surface area contributed by atoms with Crippen molar-refractivity contribution in [2.24, 2.45) is 0 Å². The first-order valence-corrected chi connectivity index (χ1v) is 8.84. The van der Waals surface area contributed by atoms with Gasteiger partial charge in [-0.05, 0) is 12.8 Å². The van der Waals surface area contributed by atoms with Gasteiger partial charge < -0.3 is 5.11 Å². The van der Waals surface area contributed by atoms with Gasteiger partial charge in [-0.25, -0.2) is 0 Å². The summed E-state index contributed by atoms with van der Waals surface area (Å²) in [4.78, 5) is 0. The fourth-order valence-electron chi connectivity index (χ4n) is 2.57. The minimum absolute atomic E-state index is 0.248. The lowest BCUT2D eigenvalue weighted by molar-refractivity contribution is 0.322. The summed E-state index contributed by atoms with van der Waals surface area (Å²) in [5, 5.41) is 8.61. The van der Waals surface area contributed by atoms with E-state index in [9.17, 15) is 0 Å². The van der Waals surface area contributed by atoms with Crippen LogP contribution < -0.4 is 0 Å². The average molecular weight is 269 g/mol. The van der Waals surface area contributed by atoms with E-state index in [4.69, 9.17) is 5.11 Å². The molecular weight excluding hydrogens is 232 g/mol. The smallest absolute Gasteiger partial charge is 0.0462 e. The molecule has 0 atom stereocenters. The highest BCUT2D eigenvalue weighted by atomic mass is 16.2. The van der Waals surface area contributed by atoms with Crippen LogP contribution in [0.4, 0.5) is 0 Å². The third-order valence-electron chi connectivity index (χ3n) is 3.89. The lowest BCUT2D eigenvalue weighted by Crippen LogP contribution is -1.85. The van der Waals surface area contributed by atoms with Gasteiger partial charge in [-0.3, -0.25) is 0 Å². The summed E-state index contributed by atoms with van der Waals surface area (Å²) in [5.41, 5.74) is 0. The molecular formula is C18H37O. The molecule has 1 heteroatoms. The molecule has 0 aromatic heterocycles. The molecule has 0 aliphatic rings. The monoisotopic (exact) mass is 269 g/mol. The third-order valence-corrected chi connectivity index (χ3v) is 3.89. The first-order chi connectivity index (χ1) is 9.41. The van der Waals surface area contributed by atoms with E-state index in [0.717, 1.165) is 6.42 Å². The van der Waals surface area contributed by atoms with Crippen LogP contribution in [-0.4, -0.2) is 11.7 Å². The maximum absolute atomic E-state index is 8.61. The van der Waals surface area contributed by atoms with E-state index < -0.39 is 0 Å². The molecule has 0 fully saturated rings. The number of aliphatic hydroxyl groups is 1. The predicted octanol–water partition coefficient (Wildman–Crippen LogP) is 6.05. The van der Waals surface area contributed by atoms with E-state index in [1.807, 2.05) is 6.42 Å². The second-order valence-electron chi connectivity index (χ2n) is 5.86. The van der Waals surface area contributed by atoms with Crippen LogP contribution in [0.25, 0.3) is 0 Å². The molecule has 0 spiro atoms. The molecule has 19 heavy (non-hydrogen) atoms. The average Bonchev–Trinajstić information content (AvgIpc) is 2.43. The van der Waals surface area contributed by atoms with Gasteiger partial charge >= 0.3 is 0 Å². The Bertz CT molecular complexity index is 129. The van der Waals surface area contributed by atoms with Crippen molar-refractivity contribution in [3.05, 3.63) is 6.42 Å². The van der Waals surface area contributed by atoms with Crippen LogP contribution in [0.3, 0.4) is 0 Å². The van der Waals surface area contributed by atoms with E-state index >= 15 is 0 Å². The van der Waals surface area contributed by atoms with Gasteiger partial charge in [-0.1, -0.05) is 96.8 Å². The molecule has 115 valence electrons. The lowest BCUT2D eigenvalue weighted by Gasteiger charge is -2.03. The standard InChI is InChI=1S/C18H37O/c1-2-3-4-5-6-7-8-9-10-11-12-13-14-15-16-17-18-19/h17,19H,2-16,18H2,1H3. The zero-order chi connectivity index (χ0) is 14.0. The topological polar surface area (TPSA) is 20.2 Å².